The molecule has 9 heteroatoms. The van der Waals surface area contributed by atoms with Crippen LogP contribution in [0.2, 0.25) is 0 Å². The van der Waals surface area contributed by atoms with Crippen molar-refractivity contribution in [3.8, 4) is 10.6 Å². The molecule has 1 aromatic heterocycles. The summed E-state index contributed by atoms with van der Waals surface area (Å²) in [4.78, 5) is 25.3. The highest BCUT2D eigenvalue weighted by molar-refractivity contribution is 7.13. The Bertz CT molecular complexity index is 680. The van der Waals surface area contributed by atoms with Crippen LogP contribution < -0.4 is 5.32 Å². The van der Waals surface area contributed by atoms with E-state index in [1.165, 1.54) is 29.6 Å². The number of carbonyl (C=O) groups excluding carboxylic acids is 1. The van der Waals surface area contributed by atoms with Crippen LogP contribution in [0.5, 0.6) is 0 Å². The zero-order chi connectivity index (χ0) is 15.6. The van der Waals surface area contributed by atoms with Gasteiger partial charge in [0, 0.05) is 16.6 Å². The fourth-order valence-electron chi connectivity index (χ4n) is 1.40. The molecule has 0 saturated heterocycles. The number of thiazole rings is 1. The number of hydrogen-bond donors (Lipinski definition) is 2. The predicted octanol–water partition coefficient (Wildman–Crippen LogP) is 3.01. The Balaban J connectivity index is 2.15. The lowest BCUT2D eigenvalue weighted by atomic mass is 10.2. The molecule has 5 nitrogen and oxygen atoms in total. The Morgan fingerprint density at radius 3 is 2.29 bits per heavy atom. The van der Waals surface area contributed by atoms with Crippen molar-refractivity contribution in [1.82, 2.24) is 4.98 Å². The van der Waals surface area contributed by atoms with Gasteiger partial charge in [0.25, 0.3) is 0 Å². The number of halogens is 3. The van der Waals surface area contributed by atoms with Gasteiger partial charge in [-0.2, -0.15) is 13.2 Å². The SMILES string of the molecule is O=C(O)c1csc(-c2ccc(NC(=O)C(F)(F)F)cc2)n1. The molecule has 0 aliphatic heterocycles. The second-order valence-corrected chi connectivity index (χ2v) is 4.73. The number of anilines is 1. The van der Waals surface area contributed by atoms with Crippen molar-refractivity contribution in [2.24, 2.45) is 0 Å². The fraction of sp³-hybridized carbons (Fsp3) is 0.0833. The molecular weight excluding hydrogens is 309 g/mol. The minimum absolute atomic E-state index is 0.0175. The van der Waals surface area contributed by atoms with Gasteiger partial charge in [-0.05, 0) is 24.3 Å². The summed E-state index contributed by atoms with van der Waals surface area (Å²) < 4.78 is 36.2. The molecule has 0 spiro atoms. The number of carboxylic acids is 1. The first-order chi connectivity index (χ1) is 9.77. The average molecular weight is 316 g/mol. The number of carboxylic acid groups (broad SMARTS) is 1. The number of alkyl halides is 3. The average Bonchev–Trinajstić information content (AvgIpc) is 2.88. The summed E-state index contributed by atoms with van der Waals surface area (Å²) in [6, 6.07) is 5.44. The van der Waals surface area contributed by atoms with Crippen molar-refractivity contribution in [3.05, 3.63) is 35.3 Å². The Morgan fingerprint density at radius 2 is 1.81 bits per heavy atom. The maximum atomic E-state index is 12.1. The van der Waals surface area contributed by atoms with E-state index in [1.54, 1.807) is 5.32 Å². The number of carbonyl (C=O) groups is 2. The van der Waals surface area contributed by atoms with Crippen molar-refractivity contribution in [2.75, 3.05) is 5.32 Å². The first-order valence-electron chi connectivity index (χ1n) is 5.45. The highest BCUT2D eigenvalue weighted by atomic mass is 32.1. The quantitative estimate of drug-likeness (QED) is 0.912. The van der Waals surface area contributed by atoms with Gasteiger partial charge in [-0.15, -0.1) is 11.3 Å². The summed E-state index contributed by atoms with van der Waals surface area (Å²) in [5.41, 5.74) is 0.415. The number of hydrogen-bond acceptors (Lipinski definition) is 4. The third kappa shape index (κ3) is 3.57. The van der Waals surface area contributed by atoms with E-state index in [0.29, 0.717) is 10.6 Å². The van der Waals surface area contributed by atoms with Crippen molar-refractivity contribution in [3.63, 3.8) is 0 Å². The van der Waals surface area contributed by atoms with E-state index in [0.717, 1.165) is 11.3 Å². The van der Waals surface area contributed by atoms with Crippen LogP contribution >= 0.6 is 11.3 Å². The number of benzene rings is 1. The van der Waals surface area contributed by atoms with Gasteiger partial charge in [-0.1, -0.05) is 0 Å². The predicted molar refractivity (Wildman–Crippen MR) is 69.2 cm³/mol. The molecule has 0 radical (unpaired) electrons. The molecule has 21 heavy (non-hydrogen) atoms. The van der Waals surface area contributed by atoms with Gasteiger partial charge in [0.15, 0.2) is 5.69 Å². The number of rotatable bonds is 3. The molecule has 1 heterocycles. The van der Waals surface area contributed by atoms with E-state index >= 15 is 0 Å². The molecule has 0 bridgehead atoms. The largest absolute Gasteiger partial charge is 0.476 e. The first-order valence-corrected chi connectivity index (χ1v) is 6.33. The third-order valence-corrected chi connectivity index (χ3v) is 3.26. The smallest absolute Gasteiger partial charge is 0.471 e. The second-order valence-electron chi connectivity index (χ2n) is 3.87. The molecule has 0 atom stereocenters. The maximum absolute atomic E-state index is 12.1. The van der Waals surface area contributed by atoms with Gasteiger partial charge in [-0.3, -0.25) is 4.79 Å². The van der Waals surface area contributed by atoms with Gasteiger partial charge < -0.3 is 10.4 Å². The molecule has 0 aliphatic carbocycles. The third-order valence-electron chi connectivity index (χ3n) is 2.37. The van der Waals surface area contributed by atoms with E-state index in [-0.39, 0.29) is 11.4 Å². The molecule has 0 fully saturated rings. The Labute approximate surface area is 120 Å². The zero-order valence-electron chi connectivity index (χ0n) is 10.1. The van der Waals surface area contributed by atoms with E-state index in [1.807, 2.05) is 0 Å². The molecule has 0 unspecified atom stereocenters. The summed E-state index contributed by atoms with van der Waals surface area (Å²) >= 11 is 1.10. The molecule has 2 rings (SSSR count). The van der Waals surface area contributed by atoms with Crippen LogP contribution in [0, 0.1) is 0 Å². The molecule has 0 aliphatic rings. The maximum Gasteiger partial charge on any atom is 0.471 e. The topological polar surface area (TPSA) is 79.3 Å². The monoisotopic (exact) mass is 316 g/mol. The van der Waals surface area contributed by atoms with Crippen LogP contribution in [0.1, 0.15) is 10.5 Å². The minimum Gasteiger partial charge on any atom is -0.476 e. The molecule has 2 N–H and O–H groups in total. The first kappa shape index (κ1) is 15.0. The van der Waals surface area contributed by atoms with Gasteiger partial charge in [0.05, 0.1) is 0 Å². The van der Waals surface area contributed by atoms with Crippen LogP contribution in [0.15, 0.2) is 29.6 Å². The van der Waals surface area contributed by atoms with Crippen molar-refractivity contribution < 1.29 is 27.9 Å². The van der Waals surface area contributed by atoms with Crippen LogP contribution in [0.4, 0.5) is 18.9 Å². The van der Waals surface area contributed by atoms with E-state index in [9.17, 15) is 22.8 Å². The van der Waals surface area contributed by atoms with Crippen LogP contribution in [0.25, 0.3) is 10.6 Å². The number of aromatic carboxylic acids is 1. The number of nitrogens with zero attached hydrogens (tertiary/aromatic N) is 1. The van der Waals surface area contributed by atoms with Crippen LogP contribution in [-0.4, -0.2) is 28.1 Å². The highest BCUT2D eigenvalue weighted by Gasteiger charge is 2.38. The Kier molecular flexibility index (Phi) is 3.94. The van der Waals surface area contributed by atoms with Crippen molar-refractivity contribution in [2.45, 2.75) is 6.18 Å². The van der Waals surface area contributed by atoms with Crippen LogP contribution in [-0.2, 0) is 4.79 Å². The lowest BCUT2D eigenvalue weighted by molar-refractivity contribution is -0.167. The van der Waals surface area contributed by atoms with Crippen LogP contribution in [0.3, 0.4) is 0 Å². The van der Waals surface area contributed by atoms with E-state index in [4.69, 9.17) is 5.11 Å². The molecule has 2 aromatic rings. The van der Waals surface area contributed by atoms with Gasteiger partial charge in [0.1, 0.15) is 5.01 Å². The Hall–Kier alpha value is -2.42. The van der Waals surface area contributed by atoms with Crippen molar-refractivity contribution in [1.29, 1.82) is 0 Å². The molecule has 110 valence electrons. The number of nitrogens with one attached hydrogen (secondary N) is 1. The molecule has 1 amide bonds. The number of aromatic nitrogens is 1. The lowest BCUT2D eigenvalue weighted by Crippen LogP contribution is -2.29. The Morgan fingerprint density at radius 1 is 1.19 bits per heavy atom. The second kappa shape index (κ2) is 5.52. The van der Waals surface area contributed by atoms with Gasteiger partial charge in [-0.25, -0.2) is 9.78 Å². The molecule has 1 aromatic carbocycles. The van der Waals surface area contributed by atoms with E-state index in [2.05, 4.69) is 4.98 Å². The lowest BCUT2D eigenvalue weighted by Gasteiger charge is -2.07. The summed E-state index contributed by atoms with van der Waals surface area (Å²) in [7, 11) is 0. The highest BCUT2D eigenvalue weighted by Crippen LogP contribution is 2.26. The standard InChI is InChI=1S/C12H7F3N2O3S/c13-12(14,15)11(20)16-7-3-1-6(2-4-7)9-17-8(5-21-9)10(18)19/h1-5H,(H,16,20)(H,18,19). The summed E-state index contributed by atoms with van der Waals surface area (Å²) in [6.45, 7) is 0. The van der Waals surface area contributed by atoms with Gasteiger partial charge in [0.2, 0.25) is 0 Å². The fourth-order valence-corrected chi connectivity index (χ4v) is 2.20. The van der Waals surface area contributed by atoms with Crippen molar-refractivity contribution >= 4 is 28.9 Å². The van der Waals surface area contributed by atoms with E-state index < -0.39 is 18.1 Å². The zero-order valence-corrected chi connectivity index (χ0v) is 11.0. The summed E-state index contributed by atoms with van der Waals surface area (Å²) in [5.74, 6) is -3.22. The summed E-state index contributed by atoms with van der Waals surface area (Å²) in [5, 5.41) is 12.2. The normalized spacial score (nSPS) is 11.2. The summed E-state index contributed by atoms with van der Waals surface area (Å²) in [6.07, 6.45) is -4.95. The minimum atomic E-state index is -4.95. The molecular formula is C12H7F3N2O3S. The van der Waals surface area contributed by atoms with Gasteiger partial charge >= 0.3 is 18.1 Å². The number of amides is 1. The molecule has 0 saturated carbocycles.